The molecule has 0 radical (unpaired) electrons. The quantitative estimate of drug-likeness (QED) is 0.864. The Balaban J connectivity index is 2.09. The van der Waals surface area contributed by atoms with Gasteiger partial charge in [0.2, 0.25) is 10.0 Å². The first kappa shape index (κ1) is 10.1. The molecule has 1 aliphatic carbocycles. The highest BCUT2D eigenvalue weighted by Gasteiger charge is 2.23. The van der Waals surface area contributed by atoms with E-state index in [1.807, 2.05) is 0 Å². The van der Waals surface area contributed by atoms with Crippen LogP contribution in [0.4, 0.5) is 0 Å². The van der Waals surface area contributed by atoms with Crippen molar-refractivity contribution in [1.82, 2.24) is 4.72 Å². The van der Waals surface area contributed by atoms with E-state index in [9.17, 15) is 8.42 Å². The fraction of sp³-hybridized carbons (Fsp3) is 0.556. The second-order valence-electron chi connectivity index (χ2n) is 3.53. The van der Waals surface area contributed by atoms with E-state index in [-0.39, 0.29) is 6.04 Å². The van der Waals surface area contributed by atoms with Crippen LogP contribution < -0.4 is 4.72 Å². The highest BCUT2D eigenvalue weighted by Crippen LogP contribution is 2.22. The maximum atomic E-state index is 11.7. The van der Waals surface area contributed by atoms with Crippen LogP contribution in [-0.2, 0) is 10.0 Å². The molecule has 1 aromatic rings. The first-order chi connectivity index (χ1) is 6.68. The van der Waals surface area contributed by atoms with Gasteiger partial charge < -0.3 is 0 Å². The van der Waals surface area contributed by atoms with Crippen molar-refractivity contribution in [2.45, 2.75) is 35.9 Å². The summed E-state index contributed by atoms with van der Waals surface area (Å²) in [5, 5.41) is 1.78. The Labute approximate surface area is 88.2 Å². The van der Waals surface area contributed by atoms with Gasteiger partial charge >= 0.3 is 0 Å². The molecule has 0 bridgehead atoms. The minimum absolute atomic E-state index is 0.155. The molecule has 0 aromatic carbocycles. The summed E-state index contributed by atoms with van der Waals surface area (Å²) in [6.07, 6.45) is 4.23. The summed E-state index contributed by atoms with van der Waals surface area (Å²) in [7, 11) is -3.23. The van der Waals surface area contributed by atoms with Crippen LogP contribution in [0, 0.1) is 0 Å². The van der Waals surface area contributed by atoms with Crippen LogP contribution in [0.15, 0.2) is 21.7 Å². The highest BCUT2D eigenvalue weighted by molar-refractivity contribution is 7.91. The molecule has 1 aromatic heterocycles. The first-order valence-corrected chi connectivity index (χ1v) is 7.10. The second kappa shape index (κ2) is 4.00. The number of thiophene rings is 1. The lowest BCUT2D eigenvalue weighted by atomic mass is 10.3. The lowest BCUT2D eigenvalue weighted by Crippen LogP contribution is -2.32. The molecule has 1 N–H and O–H groups in total. The summed E-state index contributed by atoms with van der Waals surface area (Å²) in [6.45, 7) is 0. The fourth-order valence-electron chi connectivity index (χ4n) is 1.74. The van der Waals surface area contributed by atoms with Crippen molar-refractivity contribution >= 4 is 21.4 Å². The predicted octanol–water partition coefficient (Wildman–Crippen LogP) is 1.97. The molecule has 3 nitrogen and oxygen atoms in total. The molecule has 1 fully saturated rings. The zero-order chi connectivity index (χ0) is 10.0. The van der Waals surface area contributed by atoms with Crippen LogP contribution in [0.3, 0.4) is 0 Å². The third kappa shape index (κ3) is 2.16. The molecule has 1 aliphatic rings. The van der Waals surface area contributed by atoms with E-state index >= 15 is 0 Å². The zero-order valence-corrected chi connectivity index (χ0v) is 9.40. The number of hydrogen-bond acceptors (Lipinski definition) is 3. The summed E-state index contributed by atoms with van der Waals surface area (Å²) in [4.78, 5) is 0. The van der Waals surface area contributed by atoms with Gasteiger partial charge in [0, 0.05) is 6.04 Å². The molecule has 0 spiro atoms. The van der Waals surface area contributed by atoms with Crippen LogP contribution in [0.1, 0.15) is 25.7 Å². The third-order valence-electron chi connectivity index (χ3n) is 2.44. The Hall–Kier alpha value is -0.390. The van der Waals surface area contributed by atoms with Gasteiger partial charge in [0.05, 0.1) is 0 Å². The van der Waals surface area contributed by atoms with Crippen molar-refractivity contribution in [1.29, 1.82) is 0 Å². The maximum Gasteiger partial charge on any atom is 0.250 e. The third-order valence-corrected chi connectivity index (χ3v) is 5.35. The van der Waals surface area contributed by atoms with Crippen LogP contribution >= 0.6 is 11.3 Å². The highest BCUT2D eigenvalue weighted by atomic mass is 32.2. The van der Waals surface area contributed by atoms with Gasteiger partial charge in [-0.25, -0.2) is 13.1 Å². The van der Waals surface area contributed by atoms with Crippen LogP contribution in [0.25, 0.3) is 0 Å². The van der Waals surface area contributed by atoms with Crippen molar-refractivity contribution < 1.29 is 8.42 Å². The minimum Gasteiger partial charge on any atom is -0.207 e. The number of sulfonamides is 1. The Bertz CT molecular complexity index is 377. The first-order valence-electron chi connectivity index (χ1n) is 4.74. The van der Waals surface area contributed by atoms with Gasteiger partial charge in [-0.05, 0) is 24.3 Å². The van der Waals surface area contributed by atoms with Gasteiger partial charge in [-0.2, -0.15) is 0 Å². The molecule has 5 heteroatoms. The van der Waals surface area contributed by atoms with Gasteiger partial charge in [0.25, 0.3) is 0 Å². The van der Waals surface area contributed by atoms with Crippen LogP contribution in [-0.4, -0.2) is 14.5 Å². The molecule has 1 saturated carbocycles. The van der Waals surface area contributed by atoms with Gasteiger partial charge in [-0.3, -0.25) is 0 Å². The van der Waals surface area contributed by atoms with Crippen molar-refractivity contribution in [3.05, 3.63) is 17.5 Å². The molecule has 1 heterocycles. The number of nitrogens with one attached hydrogen (secondary N) is 1. The molecule has 0 amide bonds. The molecule has 14 heavy (non-hydrogen) atoms. The predicted molar refractivity (Wildman–Crippen MR) is 56.9 cm³/mol. The Morgan fingerprint density at radius 2 is 2.07 bits per heavy atom. The molecule has 0 saturated heterocycles. The lowest BCUT2D eigenvalue weighted by Gasteiger charge is -2.10. The molecule has 2 rings (SSSR count). The smallest absolute Gasteiger partial charge is 0.207 e. The van der Waals surface area contributed by atoms with Crippen molar-refractivity contribution in [2.24, 2.45) is 0 Å². The Morgan fingerprint density at radius 1 is 1.36 bits per heavy atom. The standard InChI is InChI=1S/C9H13NO2S2/c11-14(12,9-6-3-7-13-9)10-8-4-1-2-5-8/h3,6-8,10H,1-2,4-5H2. The number of rotatable bonds is 3. The van der Waals surface area contributed by atoms with E-state index in [2.05, 4.69) is 4.72 Å². The second-order valence-corrected chi connectivity index (χ2v) is 6.42. The Kier molecular flexibility index (Phi) is 2.90. The average Bonchev–Trinajstić information content (AvgIpc) is 2.71. The minimum atomic E-state index is -3.23. The summed E-state index contributed by atoms with van der Waals surface area (Å²) < 4.78 is 26.7. The molecule has 78 valence electrons. The average molecular weight is 231 g/mol. The summed E-state index contributed by atoms with van der Waals surface area (Å²) in [6, 6.07) is 3.55. The van der Waals surface area contributed by atoms with Crippen molar-refractivity contribution in [3.63, 3.8) is 0 Å². The summed E-state index contributed by atoms with van der Waals surface area (Å²) >= 11 is 1.26. The van der Waals surface area contributed by atoms with E-state index < -0.39 is 10.0 Å². The van der Waals surface area contributed by atoms with E-state index in [0.717, 1.165) is 25.7 Å². The molecular formula is C9H13NO2S2. The zero-order valence-electron chi connectivity index (χ0n) is 7.77. The van der Waals surface area contributed by atoms with E-state index in [1.54, 1.807) is 17.5 Å². The van der Waals surface area contributed by atoms with Crippen LogP contribution in [0.2, 0.25) is 0 Å². The molecule has 0 atom stereocenters. The number of hydrogen-bond donors (Lipinski definition) is 1. The summed E-state index contributed by atoms with van der Waals surface area (Å²) in [5.41, 5.74) is 0. The van der Waals surface area contributed by atoms with E-state index in [1.165, 1.54) is 11.3 Å². The van der Waals surface area contributed by atoms with Crippen molar-refractivity contribution in [3.8, 4) is 0 Å². The maximum absolute atomic E-state index is 11.7. The molecular weight excluding hydrogens is 218 g/mol. The fourth-order valence-corrected chi connectivity index (χ4v) is 4.05. The van der Waals surface area contributed by atoms with E-state index in [0.29, 0.717) is 4.21 Å². The monoisotopic (exact) mass is 231 g/mol. The van der Waals surface area contributed by atoms with Gasteiger partial charge in [-0.15, -0.1) is 11.3 Å². The lowest BCUT2D eigenvalue weighted by molar-refractivity contribution is 0.554. The van der Waals surface area contributed by atoms with Gasteiger partial charge in [-0.1, -0.05) is 18.9 Å². The normalized spacial score (nSPS) is 18.9. The van der Waals surface area contributed by atoms with Crippen molar-refractivity contribution in [2.75, 3.05) is 0 Å². The van der Waals surface area contributed by atoms with Crippen LogP contribution in [0.5, 0.6) is 0 Å². The molecule has 0 unspecified atom stereocenters. The van der Waals surface area contributed by atoms with Gasteiger partial charge in [0.15, 0.2) is 0 Å². The van der Waals surface area contributed by atoms with E-state index in [4.69, 9.17) is 0 Å². The van der Waals surface area contributed by atoms with Gasteiger partial charge in [0.1, 0.15) is 4.21 Å². The Morgan fingerprint density at radius 3 is 2.64 bits per heavy atom. The molecule has 0 aliphatic heterocycles. The summed E-state index contributed by atoms with van der Waals surface area (Å²) in [5.74, 6) is 0. The SMILES string of the molecule is O=S(=O)(NC1CCCC1)c1cccs1. The largest absolute Gasteiger partial charge is 0.250 e. The topological polar surface area (TPSA) is 46.2 Å².